The first-order valence-corrected chi connectivity index (χ1v) is 12.3. The van der Waals surface area contributed by atoms with Crippen molar-refractivity contribution in [1.29, 1.82) is 0 Å². The minimum Gasteiger partial charge on any atom is -0.409 e. The van der Waals surface area contributed by atoms with Crippen LogP contribution in [0.15, 0.2) is 93.3 Å². The van der Waals surface area contributed by atoms with Gasteiger partial charge in [0.15, 0.2) is 5.69 Å². The molecule has 2 heterocycles. The van der Waals surface area contributed by atoms with Gasteiger partial charge in [-0.3, -0.25) is 9.59 Å². The average molecular weight is 498 g/mol. The Hall–Kier alpha value is -4.24. The molecule has 0 aliphatic rings. The number of amides is 1. The van der Waals surface area contributed by atoms with Crippen LogP contribution < -0.4 is 10.9 Å². The van der Waals surface area contributed by atoms with Crippen LogP contribution in [0.5, 0.6) is 0 Å². The van der Waals surface area contributed by atoms with E-state index in [0.717, 1.165) is 28.6 Å². The van der Waals surface area contributed by atoms with Crippen molar-refractivity contribution < 1.29 is 9.21 Å². The maximum absolute atomic E-state index is 13.1. The van der Waals surface area contributed by atoms with Gasteiger partial charge in [-0.05, 0) is 37.1 Å². The number of para-hydroxylation sites is 1. The molecule has 1 unspecified atom stereocenters. The monoisotopic (exact) mass is 497 g/mol. The molecule has 0 saturated heterocycles. The van der Waals surface area contributed by atoms with E-state index in [1.54, 1.807) is 19.1 Å². The lowest BCUT2D eigenvalue weighted by atomic mass is 10.1. The first-order valence-electron chi connectivity index (χ1n) is 11.4. The van der Waals surface area contributed by atoms with E-state index < -0.39 is 5.25 Å². The molecule has 0 aliphatic carbocycles. The largest absolute Gasteiger partial charge is 0.409 e. The number of rotatable bonds is 7. The highest BCUT2D eigenvalue weighted by atomic mass is 32.2. The SMILES string of the molecule is Cc1ccccc1NC(=O)C(C)Sc1nnc(-c2nn(Cc3ccccc3)c(=O)c3ccccc23)o1. The van der Waals surface area contributed by atoms with Crippen molar-refractivity contribution >= 4 is 34.1 Å². The molecule has 0 radical (unpaired) electrons. The lowest BCUT2D eigenvalue weighted by molar-refractivity contribution is -0.115. The van der Waals surface area contributed by atoms with Gasteiger partial charge in [0.05, 0.1) is 17.2 Å². The van der Waals surface area contributed by atoms with Gasteiger partial charge in [-0.1, -0.05) is 78.5 Å². The minimum absolute atomic E-state index is 0.172. The molecular formula is C27H23N5O3S. The summed E-state index contributed by atoms with van der Waals surface area (Å²) in [5.74, 6) is 0.0102. The molecule has 3 aromatic carbocycles. The number of hydrogen-bond donors (Lipinski definition) is 1. The van der Waals surface area contributed by atoms with Crippen LogP contribution in [-0.4, -0.2) is 31.1 Å². The fourth-order valence-electron chi connectivity index (χ4n) is 3.76. The van der Waals surface area contributed by atoms with Gasteiger partial charge in [-0.15, -0.1) is 10.2 Å². The highest BCUT2D eigenvalue weighted by Gasteiger charge is 2.22. The third-order valence-electron chi connectivity index (χ3n) is 5.70. The zero-order valence-corrected chi connectivity index (χ0v) is 20.5. The number of fused-ring (bicyclic) bond motifs is 1. The van der Waals surface area contributed by atoms with Crippen LogP contribution in [0.2, 0.25) is 0 Å². The molecule has 8 nitrogen and oxygen atoms in total. The second-order valence-corrected chi connectivity index (χ2v) is 9.57. The normalized spacial score (nSPS) is 11.9. The number of benzene rings is 3. The summed E-state index contributed by atoms with van der Waals surface area (Å²) >= 11 is 1.16. The summed E-state index contributed by atoms with van der Waals surface area (Å²) in [7, 11) is 0. The number of anilines is 1. The third kappa shape index (κ3) is 4.92. The molecular weight excluding hydrogens is 474 g/mol. The molecule has 36 heavy (non-hydrogen) atoms. The Balaban J connectivity index is 1.42. The zero-order valence-electron chi connectivity index (χ0n) is 19.7. The van der Waals surface area contributed by atoms with Crippen LogP contribution >= 0.6 is 11.8 Å². The highest BCUT2D eigenvalue weighted by Crippen LogP contribution is 2.29. The van der Waals surface area contributed by atoms with Crippen molar-refractivity contribution in [2.24, 2.45) is 0 Å². The highest BCUT2D eigenvalue weighted by molar-refractivity contribution is 8.00. The number of aryl methyl sites for hydroxylation is 1. The Morgan fingerprint density at radius 3 is 2.44 bits per heavy atom. The maximum Gasteiger partial charge on any atom is 0.277 e. The van der Waals surface area contributed by atoms with Gasteiger partial charge in [0.1, 0.15) is 0 Å². The lowest BCUT2D eigenvalue weighted by Gasteiger charge is -2.11. The van der Waals surface area contributed by atoms with Crippen molar-refractivity contribution in [3.8, 4) is 11.6 Å². The van der Waals surface area contributed by atoms with E-state index in [4.69, 9.17) is 4.42 Å². The molecule has 5 aromatic rings. The standard InChI is InChI=1S/C27H23N5O3S/c1-17-10-6-9-15-22(17)28-24(33)18(2)36-27-30-29-25(35-27)23-20-13-7-8-14-21(20)26(34)32(31-23)16-19-11-4-3-5-12-19/h3-15,18H,16H2,1-2H3,(H,28,33). The topological polar surface area (TPSA) is 103 Å². The van der Waals surface area contributed by atoms with E-state index in [9.17, 15) is 9.59 Å². The van der Waals surface area contributed by atoms with Gasteiger partial charge in [0, 0.05) is 11.1 Å². The quantitative estimate of drug-likeness (QED) is 0.318. The molecule has 0 saturated carbocycles. The smallest absolute Gasteiger partial charge is 0.277 e. The van der Waals surface area contributed by atoms with E-state index in [1.807, 2.05) is 73.7 Å². The van der Waals surface area contributed by atoms with Gasteiger partial charge in [-0.25, -0.2) is 4.68 Å². The average Bonchev–Trinajstić information content (AvgIpc) is 3.36. The van der Waals surface area contributed by atoms with Crippen LogP contribution in [0.1, 0.15) is 18.1 Å². The van der Waals surface area contributed by atoms with E-state index in [0.29, 0.717) is 23.0 Å². The maximum atomic E-state index is 13.1. The van der Waals surface area contributed by atoms with Gasteiger partial charge in [-0.2, -0.15) is 5.10 Å². The summed E-state index contributed by atoms with van der Waals surface area (Å²) in [4.78, 5) is 25.8. The molecule has 180 valence electrons. The zero-order chi connectivity index (χ0) is 25.1. The van der Waals surface area contributed by atoms with E-state index in [-0.39, 0.29) is 22.6 Å². The lowest BCUT2D eigenvalue weighted by Crippen LogP contribution is -2.24. The summed E-state index contributed by atoms with van der Waals surface area (Å²) in [6, 6.07) is 24.4. The summed E-state index contributed by atoms with van der Waals surface area (Å²) < 4.78 is 7.31. The molecule has 1 amide bonds. The molecule has 1 atom stereocenters. The van der Waals surface area contributed by atoms with Crippen LogP contribution in [-0.2, 0) is 11.3 Å². The Kier molecular flexibility index (Phi) is 6.64. The van der Waals surface area contributed by atoms with Crippen LogP contribution in [0.3, 0.4) is 0 Å². The Bertz CT molecular complexity index is 1600. The van der Waals surface area contributed by atoms with Crippen LogP contribution in [0.4, 0.5) is 5.69 Å². The Labute approximate surface area is 211 Å². The predicted octanol–water partition coefficient (Wildman–Crippen LogP) is 4.92. The van der Waals surface area contributed by atoms with E-state index in [1.165, 1.54) is 4.68 Å². The van der Waals surface area contributed by atoms with Gasteiger partial charge < -0.3 is 9.73 Å². The molecule has 9 heteroatoms. The number of nitrogens with one attached hydrogen (secondary N) is 1. The number of carbonyl (C=O) groups is 1. The van der Waals surface area contributed by atoms with Crippen molar-refractivity contribution in [2.45, 2.75) is 30.9 Å². The minimum atomic E-state index is -0.477. The Morgan fingerprint density at radius 2 is 1.67 bits per heavy atom. The second kappa shape index (κ2) is 10.2. The van der Waals surface area contributed by atoms with Crippen LogP contribution in [0, 0.1) is 6.92 Å². The summed E-state index contributed by atoms with van der Waals surface area (Å²) in [5, 5.41) is 16.7. The molecule has 2 aromatic heterocycles. The van der Waals surface area contributed by atoms with E-state index >= 15 is 0 Å². The molecule has 0 spiro atoms. The van der Waals surface area contributed by atoms with Crippen molar-refractivity contribution in [1.82, 2.24) is 20.0 Å². The number of aromatic nitrogens is 4. The molecule has 0 aliphatic heterocycles. The fraction of sp³-hybridized carbons (Fsp3) is 0.148. The van der Waals surface area contributed by atoms with Crippen LogP contribution in [0.25, 0.3) is 22.4 Å². The van der Waals surface area contributed by atoms with Crippen molar-refractivity contribution in [2.75, 3.05) is 5.32 Å². The number of thioether (sulfide) groups is 1. The number of hydrogen-bond acceptors (Lipinski definition) is 7. The first kappa shape index (κ1) is 23.5. The molecule has 0 bridgehead atoms. The first-order chi connectivity index (χ1) is 17.5. The predicted molar refractivity (Wildman–Crippen MR) is 140 cm³/mol. The third-order valence-corrected chi connectivity index (χ3v) is 6.64. The number of nitrogens with zero attached hydrogens (tertiary/aromatic N) is 4. The van der Waals surface area contributed by atoms with E-state index in [2.05, 4.69) is 20.6 Å². The number of carbonyl (C=O) groups excluding carboxylic acids is 1. The van der Waals surface area contributed by atoms with Crippen molar-refractivity contribution in [3.05, 3.63) is 100 Å². The summed E-state index contributed by atoms with van der Waals surface area (Å²) in [6.45, 7) is 4.02. The summed E-state index contributed by atoms with van der Waals surface area (Å²) in [5.41, 5.74) is 2.90. The van der Waals surface area contributed by atoms with Gasteiger partial charge >= 0.3 is 0 Å². The molecule has 1 N–H and O–H groups in total. The molecule has 0 fully saturated rings. The fourth-order valence-corrected chi connectivity index (χ4v) is 4.45. The Morgan fingerprint density at radius 1 is 0.972 bits per heavy atom. The summed E-state index contributed by atoms with van der Waals surface area (Å²) in [6.07, 6.45) is 0. The molecule has 5 rings (SSSR count). The van der Waals surface area contributed by atoms with Gasteiger partial charge in [0.2, 0.25) is 5.91 Å². The van der Waals surface area contributed by atoms with Crippen molar-refractivity contribution in [3.63, 3.8) is 0 Å². The van der Waals surface area contributed by atoms with Gasteiger partial charge in [0.25, 0.3) is 16.7 Å². The second-order valence-electron chi connectivity index (χ2n) is 8.28.